The highest BCUT2D eigenvalue weighted by Gasteiger charge is 2.26. The van der Waals surface area contributed by atoms with Crippen molar-refractivity contribution in [1.82, 2.24) is 0 Å². The number of quaternary nitrogens is 1. The average Bonchev–Trinajstić information content (AvgIpc) is 2.67. The van der Waals surface area contributed by atoms with Crippen molar-refractivity contribution in [3.05, 3.63) is 0 Å². The van der Waals surface area contributed by atoms with E-state index < -0.39 is 13.9 Å². The molecule has 0 aromatic heterocycles. The molecule has 0 fully saturated rings. The normalized spacial score (nSPS) is 14.9. The predicted octanol–water partition coefficient (Wildman–Crippen LogP) is 4.70. The highest BCUT2D eigenvalue weighted by molar-refractivity contribution is 7.47. The van der Waals surface area contributed by atoms with E-state index in [0.717, 1.165) is 32.1 Å². The largest absolute Gasteiger partial charge is 0.472 e. The maximum absolute atomic E-state index is 12.1. The average molecular weight is 469 g/mol. The summed E-state index contributed by atoms with van der Waals surface area (Å²) in [5.41, 5.74) is 0. The summed E-state index contributed by atoms with van der Waals surface area (Å²) in [7, 11) is 1.66. The Labute approximate surface area is 189 Å². The molecule has 186 valence electrons. The van der Waals surface area contributed by atoms with Crippen LogP contribution in [0.1, 0.15) is 78.1 Å². The fourth-order valence-electron chi connectivity index (χ4n) is 2.72. The number of phosphoric ester groups is 1. The summed E-state index contributed by atoms with van der Waals surface area (Å²) in [6.07, 6.45) is 9.25. The summed E-state index contributed by atoms with van der Waals surface area (Å²) in [4.78, 5) is 22.0. The fraction of sp³-hybridized carbons (Fsp3) is 0.955. The quantitative estimate of drug-likeness (QED) is 0.113. The van der Waals surface area contributed by atoms with Crippen LogP contribution < -0.4 is 0 Å². The Morgan fingerprint density at radius 3 is 2.13 bits per heavy atom. The minimum Gasteiger partial charge on any atom is -0.457 e. The second-order valence-corrected chi connectivity index (χ2v) is 10.5. The Kier molecular flexibility index (Phi) is 17.7. The van der Waals surface area contributed by atoms with E-state index in [2.05, 4.69) is 13.8 Å². The topological polar surface area (TPSA) is 91.3 Å². The molecule has 1 N–H and O–H groups in total. The van der Waals surface area contributed by atoms with E-state index in [1.807, 2.05) is 21.1 Å². The first-order chi connectivity index (χ1) is 14.6. The standard InChI is InChI=1S/C22H46NO7P/c1-6-8-10-11-12-14-17-27-19-21(30-22(24)15-13-9-7-2)20-29-31(25,26)28-18-16-23(3,4)5/h21H,6-20H2,1-5H3/p+1. The Balaban J connectivity index is 4.41. The molecule has 0 saturated carbocycles. The van der Waals surface area contributed by atoms with Crippen molar-refractivity contribution >= 4 is 13.8 Å². The van der Waals surface area contributed by atoms with Gasteiger partial charge in [-0.25, -0.2) is 4.57 Å². The summed E-state index contributed by atoms with van der Waals surface area (Å²) >= 11 is 0. The van der Waals surface area contributed by atoms with Gasteiger partial charge in [0.05, 0.1) is 34.4 Å². The molecule has 2 atom stereocenters. The van der Waals surface area contributed by atoms with Gasteiger partial charge in [0.15, 0.2) is 0 Å². The molecule has 2 unspecified atom stereocenters. The summed E-state index contributed by atoms with van der Waals surface area (Å²) < 4.78 is 33.9. The smallest absolute Gasteiger partial charge is 0.457 e. The zero-order chi connectivity index (χ0) is 23.6. The monoisotopic (exact) mass is 468 g/mol. The van der Waals surface area contributed by atoms with Crippen molar-refractivity contribution in [3.63, 3.8) is 0 Å². The molecular formula is C22H47NO7P+. The van der Waals surface area contributed by atoms with Crippen molar-refractivity contribution in [3.8, 4) is 0 Å². The van der Waals surface area contributed by atoms with E-state index in [1.54, 1.807) is 0 Å². The molecule has 9 heteroatoms. The summed E-state index contributed by atoms with van der Waals surface area (Å²) in [5, 5.41) is 0. The van der Waals surface area contributed by atoms with Crippen LogP contribution >= 0.6 is 7.82 Å². The van der Waals surface area contributed by atoms with Crippen LogP contribution in [0.4, 0.5) is 0 Å². The van der Waals surface area contributed by atoms with Gasteiger partial charge in [0.2, 0.25) is 0 Å². The van der Waals surface area contributed by atoms with Crippen LogP contribution in [-0.2, 0) is 27.9 Å². The first-order valence-corrected chi connectivity index (χ1v) is 13.3. The third-order valence-corrected chi connectivity index (χ3v) is 5.65. The third-order valence-electron chi connectivity index (χ3n) is 4.67. The lowest BCUT2D eigenvalue weighted by molar-refractivity contribution is -0.870. The fourth-order valence-corrected chi connectivity index (χ4v) is 3.47. The molecule has 0 aromatic carbocycles. The van der Waals surface area contributed by atoms with Crippen LogP contribution in [0.3, 0.4) is 0 Å². The molecule has 0 rings (SSSR count). The summed E-state index contributed by atoms with van der Waals surface area (Å²) in [5.74, 6) is -0.344. The van der Waals surface area contributed by atoms with E-state index in [9.17, 15) is 14.3 Å². The van der Waals surface area contributed by atoms with Crippen LogP contribution in [0.5, 0.6) is 0 Å². The van der Waals surface area contributed by atoms with Crippen LogP contribution in [0.25, 0.3) is 0 Å². The molecule has 8 nitrogen and oxygen atoms in total. The zero-order valence-corrected chi connectivity index (χ0v) is 21.4. The molecule has 0 aromatic rings. The molecule has 0 amide bonds. The van der Waals surface area contributed by atoms with Gasteiger partial charge in [0.1, 0.15) is 19.3 Å². The van der Waals surface area contributed by atoms with Gasteiger partial charge in [0.25, 0.3) is 0 Å². The van der Waals surface area contributed by atoms with Crippen LogP contribution in [0.15, 0.2) is 0 Å². The second-order valence-electron chi connectivity index (χ2n) is 9.02. The molecule has 31 heavy (non-hydrogen) atoms. The zero-order valence-electron chi connectivity index (χ0n) is 20.5. The highest BCUT2D eigenvalue weighted by Crippen LogP contribution is 2.43. The number of carbonyl (C=O) groups excluding carboxylic acids is 1. The lowest BCUT2D eigenvalue weighted by atomic mass is 10.1. The molecule has 0 aliphatic carbocycles. The Morgan fingerprint density at radius 1 is 0.871 bits per heavy atom. The van der Waals surface area contributed by atoms with Gasteiger partial charge in [-0.05, 0) is 12.8 Å². The van der Waals surface area contributed by atoms with Crippen molar-refractivity contribution in [2.24, 2.45) is 0 Å². The van der Waals surface area contributed by atoms with Crippen LogP contribution in [-0.4, -0.2) is 75.6 Å². The van der Waals surface area contributed by atoms with Gasteiger partial charge in [-0.3, -0.25) is 13.8 Å². The maximum atomic E-state index is 12.1. The Hall–Kier alpha value is -0.500. The number of nitrogens with zero attached hydrogens (tertiary/aromatic N) is 1. The Bertz CT molecular complexity index is 497. The van der Waals surface area contributed by atoms with Gasteiger partial charge < -0.3 is 18.9 Å². The molecule has 0 aliphatic heterocycles. The van der Waals surface area contributed by atoms with E-state index in [0.29, 0.717) is 24.1 Å². The van der Waals surface area contributed by atoms with Gasteiger partial charge >= 0.3 is 13.8 Å². The van der Waals surface area contributed by atoms with Gasteiger partial charge in [-0.1, -0.05) is 58.8 Å². The molecular weight excluding hydrogens is 421 g/mol. The van der Waals surface area contributed by atoms with E-state index in [1.165, 1.54) is 25.7 Å². The number of hydrogen-bond acceptors (Lipinski definition) is 6. The predicted molar refractivity (Wildman–Crippen MR) is 123 cm³/mol. The molecule has 0 saturated heterocycles. The first kappa shape index (κ1) is 30.5. The molecule has 0 heterocycles. The van der Waals surface area contributed by atoms with Gasteiger partial charge in [0, 0.05) is 13.0 Å². The Morgan fingerprint density at radius 2 is 1.48 bits per heavy atom. The summed E-state index contributed by atoms with van der Waals surface area (Å²) in [6.45, 7) is 5.36. The van der Waals surface area contributed by atoms with Gasteiger partial charge in [-0.2, -0.15) is 0 Å². The minimum atomic E-state index is -4.22. The first-order valence-electron chi connectivity index (χ1n) is 11.8. The van der Waals surface area contributed by atoms with Crippen molar-refractivity contribution in [1.29, 1.82) is 0 Å². The maximum Gasteiger partial charge on any atom is 0.472 e. The van der Waals surface area contributed by atoms with Crippen molar-refractivity contribution < 1.29 is 37.3 Å². The van der Waals surface area contributed by atoms with Crippen LogP contribution in [0.2, 0.25) is 0 Å². The lowest BCUT2D eigenvalue weighted by Crippen LogP contribution is -2.37. The highest BCUT2D eigenvalue weighted by atomic mass is 31.2. The molecule has 0 bridgehead atoms. The minimum absolute atomic E-state index is 0.0906. The van der Waals surface area contributed by atoms with E-state index in [4.69, 9.17) is 18.5 Å². The number of carbonyl (C=O) groups is 1. The second kappa shape index (κ2) is 18.0. The number of hydrogen-bond donors (Lipinski definition) is 1. The molecule has 0 spiro atoms. The number of esters is 1. The van der Waals surface area contributed by atoms with Crippen molar-refractivity contribution in [2.75, 3.05) is 54.1 Å². The van der Waals surface area contributed by atoms with E-state index >= 15 is 0 Å². The van der Waals surface area contributed by atoms with E-state index in [-0.39, 0.29) is 25.8 Å². The van der Waals surface area contributed by atoms with Crippen LogP contribution in [0, 0.1) is 0 Å². The SMILES string of the molecule is CCCCCCCCOCC(COP(=O)(O)OCC[N+](C)(C)C)OC(=O)CCCCC. The number of phosphoric acid groups is 1. The lowest BCUT2D eigenvalue weighted by Gasteiger charge is -2.24. The third kappa shape index (κ3) is 21.1. The number of ether oxygens (including phenoxy) is 2. The van der Waals surface area contributed by atoms with Gasteiger partial charge in [-0.15, -0.1) is 0 Å². The summed E-state index contributed by atoms with van der Waals surface area (Å²) in [6, 6.07) is 0. The number of unbranched alkanes of at least 4 members (excludes halogenated alkanes) is 7. The van der Waals surface area contributed by atoms with Crippen molar-refractivity contribution in [2.45, 2.75) is 84.2 Å². The number of likely N-dealkylation sites (N-methyl/N-ethyl adjacent to an activating group) is 1. The molecule has 0 aliphatic rings. The molecule has 0 radical (unpaired) electrons. The number of rotatable bonds is 21.